The molecular formula is C15H13NO3. The van der Waals surface area contributed by atoms with Gasteiger partial charge < -0.3 is 9.64 Å². The summed E-state index contributed by atoms with van der Waals surface area (Å²) in [6, 6.07) is 7.05. The van der Waals surface area contributed by atoms with Crippen molar-refractivity contribution < 1.29 is 14.3 Å². The smallest absolute Gasteiger partial charge is 0.210 e. The third-order valence-corrected chi connectivity index (χ3v) is 4.10. The molecule has 2 aliphatic heterocycles. The molecule has 0 bridgehead atoms. The number of carbonyl (C=O) groups excluding carboxylic acids is 2. The molecule has 1 unspecified atom stereocenters. The van der Waals surface area contributed by atoms with Gasteiger partial charge in [-0.15, -0.1) is 0 Å². The summed E-state index contributed by atoms with van der Waals surface area (Å²) >= 11 is 0. The van der Waals surface area contributed by atoms with E-state index in [1.807, 2.05) is 4.90 Å². The van der Waals surface area contributed by atoms with Crippen LogP contribution in [-0.4, -0.2) is 35.8 Å². The highest BCUT2D eigenvalue weighted by Crippen LogP contribution is 2.36. The number of rotatable bonds is 0. The van der Waals surface area contributed by atoms with Crippen molar-refractivity contribution >= 4 is 11.6 Å². The van der Waals surface area contributed by atoms with Crippen molar-refractivity contribution in [3.63, 3.8) is 0 Å². The number of allylic oxidation sites excluding steroid dienone is 1. The predicted octanol–water partition coefficient (Wildman–Crippen LogP) is 1.77. The molecule has 1 fully saturated rings. The van der Waals surface area contributed by atoms with Crippen LogP contribution in [0.2, 0.25) is 0 Å². The number of ketones is 2. The first-order chi connectivity index (χ1) is 9.27. The molecule has 3 aliphatic rings. The third kappa shape index (κ3) is 1.37. The molecule has 0 amide bonds. The maximum absolute atomic E-state index is 12.6. The van der Waals surface area contributed by atoms with E-state index in [1.54, 1.807) is 24.3 Å². The standard InChI is InChI=1S/C15H13NO3/c17-14-9-4-1-2-5-10(9)15(18)13-11(14)8-19-12-6-3-7-16(12)13/h1-2,4-5,12H,3,6-8H2. The summed E-state index contributed by atoms with van der Waals surface area (Å²) < 4.78 is 5.70. The SMILES string of the molecule is O=C1C2=C(C(=O)c3ccccc31)N1CCCC1OC2. The van der Waals surface area contributed by atoms with E-state index < -0.39 is 0 Å². The van der Waals surface area contributed by atoms with Crippen LogP contribution in [0.5, 0.6) is 0 Å². The van der Waals surface area contributed by atoms with Crippen LogP contribution >= 0.6 is 0 Å². The highest BCUT2D eigenvalue weighted by Gasteiger charge is 2.42. The summed E-state index contributed by atoms with van der Waals surface area (Å²) in [6.07, 6.45) is 1.91. The molecule has 1 saturated heterocycles. The van der Waals surface area contributed by atoms with Crippen molar-refractivity contribution in [3.05, 3.63) is 46.7 Å². The zero-order chi connectivity index (χ0) is 13.0. The van der Waals surface area contributed by atoms with E-state index in [4.69, 9.17) is 4.74 Å². The van der Waals surface area contributed by atoms with Gasteiger partial charge in [-0.05, 0) is 12.8 Å². The van der Waals surface area contributed by atoms with E-state index >= 15 is 0 Å². The van der Waals surface area contributed by atoms with Crippen molar-refractivity contribution in [2.75, 3.05) is 13.2 Å². The van der Waals surface area contributed by atoms with Gasteiger partial charge >= 0.3 is 0 Å². The fraction of sp³-hybridized carbons (Fsp3) is 0.333. The van der Waals surface area contributed by atoms with Crippen LogP contribution in [-0.2, 0) is 4.74 Å². The van der Waals surface area contributed by atoms with Crippen molar-refractivity contribution in [3.8, 4) is 0 Å². The lowest BCUT2D eigenvalue weighted by Gasteiger charge is -2.36. The molecule has 4 nitrogen and oxygen atoms in total. The van der Waals surface area contributed by atoms with Gasteiger partial charge in [0.15, 0.2) is 5.78 Å². The minimum absolute atomic E-state index is 0.0271. The van der Waals surface area contributed by atoms with Gasteiger partial charge in [0.25, 0.3) is 0 Å². The Morgan fingerprint density at radius 1 is 1.11 bits per heavy atom. The first-order valence-corrected chi connectivity index (χ1v) is 6.57. The van der Waals surface area contributed by atoms with Gasteiger partial charge in [0.05, 0.1) is 17.9 Å². The van der Waals surface area contributed by atoms with Gasteiger partial charge in [-0.2, -0.15) is 0 Å². The lowest BCUT2D eigenvalue weighted by Crippen LogP contribution is -2.43. The zero-order valence-corrected chi connectivity index (χ0v) is 10.4. The minimum atomic E-state index is -0.0597. The lowest BCUT2D eigenvalue weighted by molar-refractivity contribution is -0.0247. The van der Waals surface area contributed by atoms with Crippen molar-refractivity contribution in [1.82, 2.24) is 4.90 Å². The summed E-state index contributed by atoms with van der Waals surface area (Å²) in [5.41, 5.74) is 2.14. The largest absolute Gasteiger partial charge is 0.353 e. The Morgan fingerprint density at radius 3 is 2.63 bits per heavy atom. The molecule has 19 heavy (non-hydrogen) atoms. The van der Waals surface area contributed by atoms with E-state index in [9.17, 15) is 9.59 Å². The number of hydrogen-bond acceptors (Lipinski definition) is 4. The van der Waals surface area contributed by atoms with Crippen LogP contribution in [0.25, 0.3) is 0 Å². The van der Waals surface area contributed by atoms with Crippen molar-refractivity contribution in [2.24, 2.45) is 0 Å². The van der Waals surface area contributed by atoms with Gasteiger partial charge in [0.1, 0.15) is 6.23 Å². The topological polar surface area (TPSA) is 46.6 Å². The molecule has 1 aromatic rings. The average Bonchev–Trinajstić information content (AvgIpc) is 2.92. The summed E-state index contributed by atoms with van der Waals surface area (Å²) in [4.78, 5) is 27.1. The monoisotopic (exact) mass is 255 g/mol. The number of ether oxygens (including phenoxy) is 1. The van der Waals surface area contributed by atoms with Crippen molar-refractivity contribution in [2.45, 2.75) is 19.1 Å². The van der Waals surface area contributed by atoms with Crippen LogP contribution in [0.15, 0.2) is 35.5 Å². The number of fused-ring (bicyclic) bond motifs is 3. The first kappa shape index (κ1) is 10.9. The molecule has 96 valence electrons. The maximum atomic E-state index is 12.6. The lowest BCUT2D eigenvalue weighted by atomic mass is 9.86. The van der Waals surface area contributed by atoms with Crippen LogP contribution in [0.4, 0.5) is 0 Å². The van der Waals surface area contributed by atoms with Crippen LogP contribution in [0.3, 0.4) is 0 Å². The molecule has 4 rings (SSSR count). The van der Waals surface area contributed by atoms with E-state index in [1.165, 1.54) is 0 Å². The van der Waals surface area contributed by atoms with Gasteiger partial charge in [0, 0.05) is 17.7 Å². The summed E-state index contributed by atoms with van der Waals surface area (Å²) in [5, 5.41) is 0. The Labute approximate surface area is 110 Å². The fourth-order valence-corrected chi connectivity index (χ4v) is 3.20. The third-order valence-electron chi connectivity index (χ3n) is 4.10. The molecule has 0 N–H and O–H groups in total. The molecule has 1 aromatic carbocycles. The first-order valence-electron chi connectivity index (χ1n) is 6.57. The second-order valence-electron chi connectivity index (χ2n) is 5.13. The highest BCUT2D eigenvalue weighted by atomic mass is 16.5. The average molecular weight is 255 g/mol. The second-order valence-corrected chi connectivity index (χ2v) is 5.13. The van der Waals surface area contributed by atoms with Crippen LogP contribution in [0.1, 0.15) is 33.6 Å². The Kier molecular flexibility index (Phi) is 2.17. The maximum Gasteiger partial charge on any atom is 0.210 e. The summed E-state index contributed by atoms with van der Waals surface area (Å²) in [6.45, 7) is 1.06. The fourth-order valence-electron chi connectivity index (χ4n) is 3.20. The number of hydrogen-bond donors (Lipinski definition) is 0. The Hall–Kier alpha value is -1.94. The van der Waals surface area contributed by atoms with E-state index in [2.05, 4.69) is 0 Å². The molecule has 0 saturated carbocycles. The molecule has 1 aliphatic carbocycles. The van der Waals surface area contributed by atoms with Gasteiger partial charge in [-0.25, -0.2) is 0 Å². The zero-order valence-electron chi connectivity index (χ0n) is 10.4. The van der Waals surface area contributed by atoms with Gasteiger partial charge in [0.2, 0.25) is 5.78 Å². The quantitative estimate of drug-likeness (QED) is 0.709. The summed E-state index contributed by atoms with van der Waals surface area (Å²) in [5.74, 6) is -0.0871. The number of benzene rings is 1. The predicted molar refractivity (Wildman–Crippen MR) is 67.8 cm³/mol. The van der Waals surface area contributed by atoms with Crippen LogP contribution in [0, 0.1) is 0 Å². The molecular weight excluding hydrogens is 242 g/mol. The molecule has 0 spiro atoms. The molecule has 2 heterocycles. The molecule has 0 aromatic heterocycles. The van der Waals surface area contributed by atoms with Gasteiger partial charge in [-0.1, -0.05) is 24.3 Å². The van der Waals surface area contributed by atoms with Crippen molar-refractivity contribution in [1.29, 1.82) is 0 Å². The van der Waals surface area contributed by atoms with E-state index in [0.717, 1.165) is 19.4 Å². The summed E-state index contributed by atoms with van der Waals surface area (Å²) in [7, 11) is 0. The van der Waals surface area contributed by atoms with Gasteiger partial charge in [-0.3, -0.25) is 9.59 Å². The minimum Gasteiger partial charge on any atom is -0.353 e. The highest BCUT2D eigenvalue weighted by molar-refractivity contribution is 6.26. The van der Waals surface area contributed by atoms with Crippen LogP contribution < -0.4 is 0 Å². The Balaban J connectivity index is 1.91. The van der Waals surface area contributed by atoms with E-state index in [0.29, 0.717) is 22.4 Å². The number of Topliss-reactive ketones (excluding diaryl/α,β-unsaturated/α-hetero) is 2. The molecule has 1 atom stereocenters. The Bertz CT molecular complexity index is 632. The number of carbonyl (C=O) groups is 2. The second kappa shape index (κ2) is 3.78. The molecule has 4 heteroatoms. The van der Waals surface area contributed by atoms with E-state index in [-0.39, 0.29) is 24.4 Å². The normalized spacial score (nSPS) is 25.3. The number of nitrogens with zero attached hydrogens (tertiary/aromatic N) is 1. The molecule has 0 radical (unpaired) electrons. The Morgan fingerprint density at radius 2 is 1.84 bits per heavy atom.